The number of aromatic nitrogens is 3. The van der Waals surface area contributed by atoms with Crippen LogP contribution in [0.15, 0.2) is 30.9 Å². The Morgan fingerprint density at radius 1 is 1.06 bits per heavy atom. The molecule has 0 N–H and O–H groups in total. The number of fused-ring (bicyclic) bond motifs is 1. The van der Waals surface area contributed by atoms with Gasteiger partial charge in [-0.3, -0.25) is 9.78 Å². The van der Waals surface area contributed by atoms with E-state index in [-0.39, 0.29) is 11.9 Å². The summed E-state index contributed by atoms with van der Waals surface area (Å²) in [4.78, 5) is 33.5. The predicted octanol–water partition coefficient (Wildman–Crippen LogP) is 5.14. The minimum Gasteiger partial charge on any atom is -0.356 e. The Labute approximate surface area is 187 Å². The Kier molecular flexibility index (Phi) is 5.85. The van der Waals surface area contributed by atoms with E-state index in [1.165, 1.54) is 37.0 Å². The van der Waals surface area contributed by atoms with Crippen molar-refractivity contribution in [3.8, 4) is 0 Å². The van der Waals surface area contributed by atoms with Gasteiger partial charge in [-0.05, 0) is 56.2 Å². The molecule has 0 aliphatic carbocycles. The molecule has 0 spiro atoms. The fourth-order valence-electron chi connectivity index (χ4n) is 5.00. The van der Waals surface area contributed by atoms with Gasteiger partial charge >= 0.3 is 0 Å². The summed E-state index contributed by atoms with van der Waals surface area (Å²) >= 11 is 1.52. The monoisotopic (exact) mass is 435 g/mol. The van der Waals surface area contributed by atoms with E-state index in [0.717, 1.165) is 70.9 Å². The van der Waals surface area contributed by atoms with Gasteiger partial charge in [0, 0.05) is 32.0 Å². The zero-order chi connectivity index (χ0) is 21.2. The third-order valence-corrected chi connectivity index (χ3v) is 7.83. The van der Waals surface area contributed by atoms with Crippen LogP contribution in [0.4, 0.5) is 5.82 Å². The molecule has 0 aromatic carbocycles. The maximum absolute atomic E-state index is 13.8. The largest absolute Gasteiger partial charge is 0.356 e. The Balaban J connectivity index is 1.51. The highest BCUT2D eigenvalue weighted by Gasteiger charge is 2.32. The zero-order valence-corrected chi connectivity index (χ0v) is 18.9. The van der Waals surface area contributed by atoms with Gasteiger partial charge < -0.3 is 9.80 Å². The lowest BCUT2D eigenvalue weighted by molar-refractivity contribution is 0.0615. The molecule has 0 bridgehead atoms. The standard InChI is InChI=1S/C24H29N5OS/c1-17-20-22(28-12-5-2-3-6-13-28)26-16-27-23(20)31-21(17)24(30)29-14-7-4-10-19(29)18-9-8-11-25-15-18/h8-9,11,15-16,19H,2-7,10,12-14H2,1H3/t19-/m1/s1. The van der Waals surface area contributed by atoms with Crippen LogP contribution in [-0.2, 0) is 0 Å². The molecule has 1 atom stereocenters. The van der Waals surface area contributed by atoms with E-state index < -0.39 is 0 Å². The third-order valence-electron chi connectivity index (χ3n) is 6.64. The molecule has 3 aromatic rings. The summed E-state index contributed by atoms with van der Waals surface area (Å²) in [5, 5.41) is 1.06. The van der Waals surface area contributed by atoms with Gasteiger partial charge in [0.15, 0.2) is 0 Å². The number of aryl methyl sites for hydroxylation is 1. The number of carbonyl (C=O) groups is 1. The van der Waals surface area contributed by atoms with E-state index in [9.17, 15) is 4.79 Å². The second kappa shape index (κ2) is 8.91. The SMILES string of the molecule is Cc1c(C(=O)N2CCCC[C@@H]2c2cccnc2)sc2ncnc(N3CCCCCC3)c12. The summed E-state index contributed by atoms with van der Waals surface area (Å²) in [6, 6.07) is 4.14. The average Bonchev–Trinajstić information content (AvgIpc) is 2.99. The molecule has 2 saturated heterocycles. The van der Waals surface area contributed by atoms with Crippen LogP contribution >= 0.6 is 11.3 Å². The second-order valence-corrected chi connectivity index (χ2v) is 9.63. The average molecular weight is 436 g/mol. The fourth-order valence-corrected chi connectivity index (χ4v) is 6.10. The Morgan fingerprint density at radius 3 is 2.65 bits per heavy atom. The van der Waals surface area contributed by atoms with Gasteiger partial charge in [-0.2, -0.15) is 0 Å². The van der Waals surface area contributed by atoms with Crippen LogP contribution in [0.5, 0.6) is 0 Å². The van der Waals surface area contributed by atoms with Crippen LogP contribution in [0.1, 0.15) is 71.8 Å². The Hall–Kier alpha value is -2.54. The number of carbonyl (C=O) groups excluding carboxylic acids is 1. The van der Waals surface area contributed by atoms with Gasteiger partial charge in [-0.15, -0.1) is 11.3 Å². The lowest BCUT2D eigenvalue weighted by Crippen LogP contribution is -2.38. The van der Waals surface area contributed by atoms with Gasteiger partial charge in [0.25, 0.3) is 5.91 Å². The molecule has 6 nitrogen and oxygen atoms in total. The van der Waals surface area contributed by atoms with E-state index in [0.29, 0.717) is 0 Å². The number of hydrogen-bond donors (Lipinski definition) is 0. The highest BCUT2D eigenvalue weighted by molar-refractivity contribution is 7.20. The van der Waals surface area contributed by atoms with E-state index in [4.69, 9.17) is 0 Å². The summed E-state index contributed by atoms with van der Waals surface area (Å²) < 4.78 is 0. The molecule has 31 heavy (non-hydrogen) atoms. The molecule has 0 saturated carbocycles. The lowest BCUT2D eigenvalue weighted by Gasteiger charge is -2.35. The van der Waals surface area contributed by atoms with Crippen molar-refractivity contribution >= 4 is 33.3 Å². The van der Waals surface area contributed by atoms with Crippen molar-refractivity contribution in [3.05, 3.63) is 46.9 Å². The van der Waals surface area contributed by atoms with Crippen molar-refractivity contribution in [2.45, 2.75) is 57.9 Å². The first-order valence-electron chi connectivity index (χ1n) is 11.4. The van der Waals surface area contributed by atoms with Gasteiger partial charge in [-0.1, -0.05) is 18.9 Å². The molecule has 2 aliphatic rings. The number of rotatable bonds is 3. The van der Waals surface area contributed by atoms with Gasteiger partial charge in [0.05, 0.1) is 16.3 Å². The lowest BCUT2D eigenvalue weighted by atomic mass is 9.96. The number of pyridine rings is 1. The van der Waals surface area contributed by atoms with Crippen molar-refractivity contribution in [2.24, 2.45) is 0 Å². The van der Waals surface area contributed by atoms with Crippen molar-refractivity contribution in [2.75, 3.05) is 24.5 Å². The molecule has 2 aliphatic heterocycles. The minimum atomic E-state index is 0.0933. The van der Waals surface area contributed by atoms with Crippen LogP contribution < -0.4 is 4.90 Å². The molecule has 5 rings (SSSR count). The first-order chi connectivity index (χ1) is 15.2. The molecule has 0 unspecified atom stereocenters. The summed E-state index contributed by atoms with van der Waals surface area (Å²) in [7, 11) is 0. The number of thiophene rings is 1. The molecule has 3 aromatic heterocycles. The summed E-state index contributed by atoms with van der Waals surface area (Å²) in [6.07, 6.45) is 13.5. The first-order valence-corrected chi connectivity index (χ1v) is 12.3. The molecule has 0 radical (unpaired) electrons. The predicted molar refractivity (Wildman–Crippen MR) is 125 cm³/mol. The number of nitrogens with zero attached hydrogens (tertiary/aromatic N) is 5. The molecule has 7 heteroatoms. The normalized spacial score (nSPS) is 20.1. The van der Waals surface area contributed by atoms with Crippen LogP contribution in [0.25, 0.3) is 10.2 Å². The molecule has 162 valence electrons. The summed E-state index contributed by atoms with van der Waals surface area (Å²) in [5.74, 6) is 1.12. The topological polar surface area (TPSA) is 62.2 Å². The Bertz CT molecular complexity index is 1060. The maximum atomic E-state index is 13.8. The fraction of sp³-hybridized carbons (Fsp3) is 0.500. The number of piperidine rings is 1. The molecule has 1 amide bonds. The molecular weight excluding hydrogens is 406 g/mol. The second-order valence-electron chi connectivity index (χ2n) is 8.63. The van der Waals surface area contributed by atoms with Crippen LogP contribution in [-0.4, -0.2) is 45.4 Å². The van der Waals surface area contributed by atoms with Gasteiger partial charge in [0.1, 0.15) is 17.0 Å². The van der Waals surface area contributed by atoms with E-state index >= 15 is 0 Å². The molecule has 2 fully saturated rings. The number of hydrogen-bond acceptors (Lipinski definition) is 6. The smallest absolute Gasteiger partial charge is 0.264 e. The van der Waals surface area contributed by atoms with Crippen molar-refractivity contribution in [1.82, 2.24) is 19.9 Å². The van der Waals surface area contributed by atoms with Crippen molar-refractivity contribution < 1.29 is 4.79 Å². The minimum absolute atomic E-state index is 0.0933. The van der Waals surface area contributed by atoms with Crippen molar-refractivity contribution in [3.63, 3.8) is 0 Å². The van der Waals surface area contributed by atoms with Crippen LogP contribution in [0.3, 0.4) is 0 Å². The van der Waals surface area contributed by atoms with Crippen LogP contribution in [0, 0.1) is 6.92 Å². The maximum Gasteiger partial charge on any atom is 0.264 e. The van der Waals surface area contributed by atoms with E-state index in [1.807, 2.05) is 12.3 Å². The highest BCUT2D eigenvalue weighted by atomic mass is 32.1. The van der Waals surface area contributed by atoms with Crippen LogP contribution in [0.2, 0.25) is 0 Å². The highest BCUT2D eigenvalue weighted by Crippen LogP contribution is 2.39. The van der Waals surface area contributed by atoms with Gasteiger partial charge in [-0.25, -0.2) is 9.97 Å². The number of amides is 1. The zero-order valence-electron chi connectivity index (χ0n) is 18.1. The molecular formula is C24H29N5OS. The van der Waals surface area contributed by atoms with E-state index in [1.54, 1.807) is 12.5 Å². The van der Waals surface area contributed by atoms with Gasteiger partial charge in [0.2, 0.25) is 0 Å². The Morgan fingerprint density at radius 2 is 1.87 bits per heavy atom. The third kappa shape index (κ3) is 3.91. The quantitative estimate of drug-likeness (QED) is 0.570. The molecule has 5 heterocycles. The van der Waals surface area contributed by atoms with E-state index in [2.05, 4.69) is 37.7 Å². The summed E-state index contributed by atoms with van der Waals surface area (Å²) in [5.41, 5.74) is 2.15. The number of anilines is 1. The first kappa shape index (κ1) is 20.4. The summed E-state index contributed by atoms with van der Waals surface area (Å²) in [6.45, 7) is 4.91. The number of likely N-dealkylation sites (tertiary alicyclic amines) is 1. The van der Waals surface area contributed by atoms with Crippen molar-refractivity contribution in [1.29, 1.82) is 0 Å².